The fourth-order valence-electron chi connectivity index (χ4n) is 1.97. The summed E-state index contributed by atoms with van der Waals surface area (Å²) < 4.78 is 5.07. The molecule has 1 aromatic rings. The standard InChI is InChI=1S/C14H20ClN3O2/c1-9(2)13-16-8-11(15)12(17-13)14(19)18(6-7-20-3)10-4-5-10/h8-10H,4-7H2,1-3H3. The molecule has 1 aromatic heterocycles. The fraction of sp³-hybridized carbons (Fsp3) is 0.643. The number of nitrogens with zero attached hydrogens (tertiary/aromatic N) is 3. The Morgan fingerprint density at radius 3 is 2.80 bits per heavy atom. The monoisotopic (exact) mass is 297 g/mol. The second-order valence-corrected chi connectivity index (χ2v) is 5.71. The molecule has 0 N–H and O–H groups in total. The molecule has 1 fully saturated rings. The van der Waals surface area contributed by atoms with E-state index in [0.717, 1.165) is 12.8 Å². The van der Waals surface area contributed by atoms with Crippen LogP contribution in [-0.4, -0.2) is 47.1 Å². The molecule has 0 unspecified atom stereocenters. The third-order valence-corrected chi connectivity index (χ3v) is 3.54. The normalized spacial score (nSPS) is 14.7. The van der Waals surface area contributed by atoms with Crippen molar-refractivity contribution in [2.24, 2.45) is 0 Å². The van der Waals surface area contributed by atoms with Crippen LogP contribution in [0, 0.1) is 0 Å². The Morgan fingerprint density at radius 2 is 2.25 bits per heavy atom. The Morgan fingerprint density at radius 1 is 1.55 bits per heavy atom. The van der Waals surface area contributed by atoms with Gasteiger partial charge in [0.2, 0.25) is 0 Å². The second-order valence-electron chi connectivity index (χ2n) is 5.30. The van der Waals surface area contributed by atoms with Crippen LogP contribution < -0.4 is 0 Å². The lowest BCUT2D eigenvalue weighted by molar-refractivity contribution is 0.0674. The molecule has 0 aromatic carbocycles. The van der Waals surface area contributed by atoms with E-state index in [1.54, 1.807) is 7.11 Å². The summed E-state index contributed by atoms with van der Waals surface area (Å²) in [6.45, 7) is 5.06. The van der Waals surface area contributed by atoms with E-state index >= 15 is 0 Å². The van der Waals surface area contributed by atoms with Crippen molar-refractivity contribution in [2.45, 2.75) is 38.6 Å². The Balaban J connectivity index is 2.23. The minimum absolute atomic E-state index is 0.126. The summed E-state index contributed by atoms with van der Waals surface area (Å²) in [7, 11) is 1.63. The molecule has 0 spiro atoms. The minimum atomic E-state index is -0.126. The van der Waals surface area contributed by atoms with Crippen molar-refractivity contribution in [1.82, 2.24) is 14.9 Å². The molecule has 1 aliphatic rings. The highest BCUT2D eigenvalue weighted by molar-refractivity contribution is 6.33. The van der Waals surface area contributed by atoms with Crippen molar-refractivity contribution in [3.8, 4) is 0 Å². The second kappa shape index (κ2) is 6.50. The largest absolute Gasteiger partial charge is 0.383 e. The number of ether oxygens (including phenoxy) is 1. The van der Waals surface area contributed by atoms with E-state index in [1.807, 2.05) is 18.7 Å². The van der Waals surface area contributed by atoms with Gasteiger partial charge >= 0.3 is 0 Å². The van der Waals surface area contributed by atoms with Gasteiger partial charge in [0.25, 0.3) is 5.91 Å². The molecule has 1 amide bonds. The van der Waals surface area contributed by atoms with Gasteiger partial charge in [-0.15, -0.1) is 0 Å². The first-order chi connectivity index (χ1) is 9.54. The Labute approximate surface area is 124 Å². The van der Waals surface area contributed by atoms with Crippen molar-refractivity contribution < 1.29 is 9.53 Å². The number of amides is 1. The van der Waals surface area contributed by atoms with Gasteiger partial charge < -0.3 is 9.64 Å². The molecular weight excluding hydrogens is 278 g/mol. The minimum Gasteiger partial charge on any atom is -0.383 e. The molecule has 5 nitrogen and oxygen atoms in total. The number of aromatic nitrogens is 2. The van der Waals surface area contributed by atoms with E-state index in [0.29, 0.717) is 35.7 Å². The maximum Gasteiger partial charge on any atom is 0.274 e. The zero-order valence-corrected chi connectivity index (χ0v) is 12.9. The molecular formula is C14H20ClN3O2. The molecule has 0 saturated heterocycles. The summed E-state index contributed by atoms with van der Waals surface area (Å²) in [5, 5.41) is 0.308. The Bertz CT molecular complexity index is 489. The number of halogens is 1. The van der Waals surface area contributed by atoms with Crippen LogP contribution >= 0.6 is 11.6 Å². The van der Waals surface area contributed by atoms with E-state index in [2.05, 4.69) is 9.97 Å². The van der Waals surface area contributed by atoms with Crippen LogP contribution in [0.4, 0.5) is 0 Å². The van der Waals surface area contributed by atoms with Gasteiger partial charge in [-0.1, -0.05) is 25.4 Å². The number of hydrogen-bond donors (Lipinski definition) is 0. The van der Waals surface area contributed by atoms with E-state index in [1.165, 1.54) is 6.20 Å². The highest BCUT2D eigenvalue weighted by Gasteiger charge is 2.34. The Hall–Kier alpha value is -1.20. The number of hydrogen-bond acceptors (Lipinski definition) is 4. The topological polar surface area (TPSA) is 55.3 Å². The summed E-state index contributed by atoms with van der Waals surface area (Å²) >= 11 is 6.10. The summed E-state index contributed by atoms with van der Waals surface area (Å²) in [5.41, 5.74) is 0.299. The van der Waals surface area contributed by atoms with E-state index in [4.69, 9.17) is 16.3 Å². The quantitative estimate of drug-likeness (QED) is 0.809. The lowest BCUT2D eigenvalue weighted by Gasteiger charge is -2.22. The van der Waals surface area contributed by atoms with Crippen LogP contribution in [0.25, 0.3) is 0 Å². The molecule has 0 bridgehead atoms. The maximum absolute atomic E-state index is 12.6. The van der Waals surface area contributed by atoms with Crippen molar-refractivity contribution >= 4 is 17.5 Å². The van der Waals surface area contributed by atoms with Crippen molar-refractivity contribution in [3.63, 3.8) is 0 Å². The van der Waals surface area contributed by atoms with Crippen LogP contribution in [0.1, 0.15) is 48.9 Å². The average molecular weight is 298 g/mol. The highest BCUT2D eigenvalue weighted by Crippen LogP contribution is 2.29. The van der Waals surface area contributed by atoms with Crippen LogP contribution in [0.5, 0.6) is 0 Å². The third-order valence-electron chi connectivity index (χ3n) is 3.27. The van der Waals surface area contributed by atoms with Crippen LogP contribution in [0.3, 0.4) is 0 Å². The van der Waals surface area contributed by atoms with Crippen molar-refractivity contribution in [2.75, 3.05) is 20.3 Å². The number of rotatable bonds is 6. The molecule has 6 heteroatoms. The first-order valence-electron chi connectivity index (χ1n) is 6.87. The number of carbonyl (C=O) groups excluding carboxylic acids is 1. The van der Waals surface area contributed by atoms with Gasteiger partial charge in [-0.05, 0) is 12.8 Å². The SMILES string of the molecule is COCCN(C(=O)c1nc(C(C)C)ncc1Cl)C1CC1. The van der Waals surface area contributed by atoms with Gasteiger partial charge in [0.05, 0.1) is 17.8 Å². The summed E-state index contributed by atoms with van der Waals surface area (Å²) in [6.07, 6.45) is 3.59. The first kappa shape index (κ1) is 15.2. The lowest BCUT2D eigenvalue weighted by Crippen LogP contribution is -2.36. The van der Waals surface area contributed by atoms with Crippen molar-refractivity contribution in [3.05, 3.63) is 22.7 Å². The number of methoxy groups -OCH3 is 1. The summed E-state index contributed by atoms with van der Waals surface area (Å²) in [6, 6.07) is 0.297. The van der Waals surface area contributed by atoms with Gasteiger partial charge in [-0.25, -0.2) is 9.97 Å². The molecule has 110 valence electrons. The zero-order chi connectivity index (χ0) is 14.7. The molecule has 2 rings (SSSR count). The van der Waals surface area contributed by atoms with Gasteiger partial charge in [0.15, 0.2) is 5.69 Å². The molecule has 20 heavy (non-hydrogen) atoms. The summed E-state index contributed by atoms with van der Waals surface area (Å²) in [5.74, 6) is 0.672. The van der Waals surface area contributed by atoms with Gasteiger partial charge in [-0.3, -0.25) is 4.79 Å². The third kappa shape index (κ3) is 3.46. The first-order valence-corrected chi connectivity index (χ1v) is 7.24. The lowest BCUT2D eigenvalue weighted by atomic mass is 10.2. The van der Waals surface area contributed by atoms with Crippen LogP contribution in [-0.2, 0) is 4.74 Å². The van der Waals surface area contributed by atoms with Crippen molar-refractivity contribution in [1.29, 1.82) is 0 Å². The van der Waals surface area contributed by atoms with Crippen LogP contribution in [0.2, 0.25) is 5.02 Å². The smallest absolute Gasteiger partial charge is 0.274 e. The van der Waals surface area contributed by atoms with E-state index in [9.17, 15) is 4.79 Å². The van der Waals surface area contributed by atoms with Crippen LogP contribution in [0.15, 0.2) is 6.20 Å². The van der Waals surface area contributed by atoms with Gasteiger partial charge in [0, 0.05) is 25.6 Å². The highest BCUT2D eigenvalue weighted by atomic mass is 35.5. The summed E-state index contributed by atoms with van der Waals surface area (Å²) in [4.78, 5) is 22.9. The molecule has 0 atom stereocenters. The van der Waals surface area contributed by atoms with Gasteiger partial charge in [-0.2, -0.15) is 0 Å². The predicted octanol–water partition coefficient (Wildman–Crippen LogP) is 2.50. The van der Waals surface area contributed by atoms with E-state index in [-0.39, 0.29) is 11.8 Å². The van der Waals surface area contributed by atoms with E-state index < -0.39 is 0 Å². The predicted molar refractivity (Wildman–Crippen MR) is 77.1 cm³/mol. The number of carbonyl (C=O) groups is 1. The Kier molecular flexibility index (Phi) is 4.94. The fourth-order valence-corrected chi connectivity index (χ4v) is 2.14. The average Bonchev–Trinajstić information content (AvgIpc) is 3.23. The molecule has 1 saturated carbocycles. The molecule has 0 aliphatic heterocycles. The maximum atomic E-state index is 12.6. The molecule has 1 heterocycles. The molecule has 1 aliphatic carbocycles. The van der Waals surface area contributed by atoms with Gasteiger partial charge in [0.1, 0.15) is 5.82 Å². The zero-order valence-electron chi connectivity index (χ0n) is 12.1. The molecule has 0 radical (unpaired) electrons.